The van der Waals surface area contributed by atoms with E-state index >= 15 is 0 Å². The highest BCUT2D eigenvalue weighted by molar-refractivity contribution is 6.33. The Labute approximate surface area is 172 Å². The van der Waals surface area contributed by atoms with Crippen LogP contribution in [0.5, 0.6) is 0 Å². The predicted octanol–water partition coefficient (Wildman–Crippen LogP) is 3.05. The molecule has 2 saturated heterocycles. The van der Waals surface area contributed by atoms with E-state index in [9.17, 15) is 4.79 Å². The molecule has 0 bridgehead atoms. The molecule has 0 atom stereocenters. The third-order valence-corrected chi connectivity index (χ3v) is 6.08. The number of likely N-dealkylation sites (N-methyl/N-ethyl adjacent to an activating group) is 1. The first-order valence-corrected chi connectivity index (χ1v) is 10.3. The number of hydrogen-bond donors (Lipinski definition) is 0. The van der Waals surface area contributed by atoms with Gasteiger partial charge >= 0.3 is 0 Å². The van der Waals surface area contributed by atoms with Crippen LogP contribution in [0.3, 0.4) is 0 Å². The van der Waals surface area contributed by atoms with E-state index < -0.39 is 0 Å². The van der Waals surface area contributed by atoms with Crippen molar-refractivity contribution >= 4 is 28.9 Å². The number of carbonyl (C=O) groups excluding carboxylic acids is 1. The maximum Gasteiger partial charge on any atom is 0.255 e. The standard InChI is InChI=1S/C22H27ClN4O/c1-24-10-12-25(13-11-24)18-6-8-19(9-7-18)26-14-16-27(17-15-26)22(28)20-4-2-3-5-21(20)23/h2-9H,10-17H2,1H3. The minimum atomic E-state index is 0.0238. The van der Waals surface area contributed by atoms with Crippen molar-refractivity contribution in [2.45, 2.75) is 0 Å². The van der Waals surface area contributed by atoms with Crippen LogP contribution in [0, 0.1) is 0 Å². The van der Waals surface area contributed by atoms with Crippen LogP contribution in [0.1, 0.15) is 10.4 Å². The van der Waals surface area contributed by atoms with Crippen molar-refractivity contribution in [1.82, 2.24) is 9.80 Å². The average Bonchev–Trinajstić information content (AvgIpc) is 2.74. The molecule has 2 aromatic rings. The summed E-state index contributed by atoms with van der Waals surface area (Å²) in [6.45, 7) is 7.49. The van der Waals surface area contributed by atoms with E-state index in [1.54, 1.807) is 12.1 Å². The monoisotopic (exact) mass is 398 g/mol. The van der Waals surface area contributed by atoms with Crippen LogP contribution in [0.15, 0.2) is 48.5 Å². The van der Waals surface area contributed by atoms with Gasteiger partial charge in [0.05, 0.1) is 10.6 Å². The van der Waals surface area contributed by atoms with Gasteiger partial charge in [0, 0.05) is 63.7 Å². The van der Waals surface area contributed by atoms with Crippen LogP contribution in [-0.4, -0.2) is 75.1 Å². The molecule has 0 spiro atoms. The molecule has 2 aliphatic rings. The Morgan fingerprint density at radius 1 is 0.750 bits per heavy atom. The third kappa shape index (κ3) is 4.10. The topological polar surface area (TPSA) is 30.0 Å². The summed E-state index contributed by atoms with van der Waals surface area (Å²) in [5.41, 5.74) is 3.11. The maximum absolute atomic E-state index is 12.7. The zero-order valence-electron chi connectivity index (χ0n) is 16.4. The van der Waals surface area contributed by atoms with Gasteiger partial charge in [-0.3, -0.25) is 4.79 Å². The van der Waals surface area contributed by atoms with Crippen molar-refractivity contribution in [2.24, 2.45) is 0 Å². The summed E-state index contributed by atoms with van der Waals surface area (Å²) in [7, 11) is 2.18. The second-order valence-electron chi connectivity index (χ2n) is 7.57. The Kier molecular flexibility index (Phi) is 5.74. The summed E-state index contributed by atoms with van der Waals surface area (Å²) in [6.07, 6.45) is 0. The number of carbonyl (C=O) groups is 1. The van der Waals surface area contributed by atoms with Crippen molar-refractivity contribution in [3.05, 3.63) is 59.1 Å². The van der Waals surface area contributed by atoms with E-state index in [-0.39, 0.29) is 5.91 Å². The van der Waals surface area contributed by atoms with Gasteiger partial charge in [0.15, 0.2) is 0 Å². The Balaban J connectivity index is 1.35. The van der Waals surface area contributed by atoms with Crippen molar-refractivity contribution in [3.8, 4) is 0 Å². The van der Waals surface area contributed by atoms with E-state index in [4.69, 9.17) is 11.6 Å². The van der Waals surface area contributed by atoms with Crippen molar-refractivity contribution < 1.29 is 4.79 Å². The highest BCUT2D eigenvalue weighted by Crippen LogP contribution is 2.24. The van der Waals surface area contributed by atoms with Gasteiger partial charge in [-0.25, -0.2) is 0 Å². The molecule has 2 heterocycles. The highest BCUT2D eigenvalue weighted by atomic mass is 35.5. The van der Waals surface area contributed by atoms with E-state index in [0.29, 0.717) is 23.7 Å². The summed E-state index contributed by atoms with van der Waals surface area (Å²) in [5.74, 6) is 0.0238. The first kappa shape index (κ1) is 19.1. The number of hydrogen-bond acceptors (Lipinski definition) is 4. The smallest absolute Gasteiger partial charge is 0.255 e. The lowest BCUT2D eigenvalue weighted by Gasteiger charge is -2.37. The number of halogens is 1. The number of benzene rings is 2. The largest absolute Gasteiger partial charge is 0.369 e. The SMILES string of the molecule is CN1CCN(c2ccc(N3CCN(C(=O)c4ccccc4Cl)CC3)cc2)CC1. The normalized spacial score (nSPS) is 18.4. The summed E-state index contributed by atoms with van der Waals surface area (Å²) in [5, 5.41) is 0.523. The highest BCUT2D eigenvalue weighted by Gasteiger charge is 2.23. The molecule has 28 heavy (non-hydrogen) atoms. The molecular weight excluding hydrogens is 372 g/mol. The molecule has 6 heteroatoms. The molecule has 0 radical (unpaired) electrons. The van der Waals surface area contributed by atoms with Gasteiger partial charge in [0.2, 0.25) is 0 Å². The molecule has 2 fully saturated rings. The Morgan fingerprint density at radius 3 is 1.79 bits per heavy atom. The zero-order valence-corrected chi connectivity index (χ0v) is 17.1. The minimum Gasteiger partial charge on any atom is -0.369 e. The lowest BCUT2D eigenvalue weighted by Crippen LogP contribution is -2.48. The quantitative estimate of drug-likeness (QED) is 0.794. The fourth-order valence-electron chi connectivity index (χ4n) is 3.91. The molecule has 5 nitrogen and oxygen atoms in total. The molecule has 4 rings (SSSR count). The number of amides is 1. The zero-order chi connectivity index (χ0) is 19.5. The summed E-state index contributed by atoms with van der Waals surface area (Å²) in [6, 6.07) is 16.1. The van der Waals surface area contributed by atoms with Crippen LogP contribution in [-0.2, 0) is 0 Å². The molecule has 1 amide bonds. The fourth-order valence-corrected chi connectivity index (χ4v) is 4.13. The van der Waals surface area contributed by atoms with Crippen LogP contribution < -0.4 is 9.80 Å². The van der Waals surface area contributed by atoms with E-state index in [1.165, 1.54) is 11.4 Å². The van der Waals surface area contributed by atoms with Crippen molar-refractivity contribution in [3.63, 3.8) is 0 Å². The minimum absolute atomic E-state index is 0.0238. The maximum atomic E-state index is 12.7. The summed E-state index contributed by atoms with van der Waals surface area (Å²) < 4.78 is 0. The van der Waals surface area contributed by atoms with Gasteiger partial charge in [-0.1, -0.05) is 23.7 Å². The molecule has 0 aliphatic carbocycles. The van der Waals surface area contributed by atoms with Crippen LogP contribution in [0.4, 0.5) is 11.4 Å². The van der Waals surface area contributed by atoms with Crippen LogP contribution in [0.2, 0.25) is 5.02 Å². The van der Waals surface area contributed by atoms with Gasteiger partial charge in [-0.2, -0.15) is 0 Å². The summed E-state index contributed by atoms with van der Waals surface area (Å²) in [4.78, 5) is 21.8. The van der Waals surface area contributed by atoms with E-state index in [1.807, 2.05) is 17.0 Å². The molecule has 0 saturated carbocycles. The molecule has 148 valence electrons. The molecule has 0 aromatic heterocycles. The molecule has 2 aromatic carbocycles. The molecule has 2 aliphatic heterocycles. The van der Waals surface area contributed by atoms with Gasteiger partial charge in [0.25, 0.3) is 5.91 Å². The first-order chi connectivity index (χ1) is 13.6. The van der Waals surface area contributed by atoms with Gasteiger partial charge < -0.3 is 19.6 Å². The van der Waals surface area contributed by atoms with Crippen molar-refractivity contribution in [2.75, 3.05) is 69.2 Å². The second-order valence-corrected chi connectivity index (χ2v) is 7.97. The Hall–Kier alpha value is -2.24. The van der Waals surface area contributed by atoms with E-state index in [0.717, 1.165) is 39.3 Å². The number of nitrogens with zero attached hydrogens (tertiary/aromatic N) is 4. The van der Waals surface area contributed by atoms with E-state index in [2.05, 4.69) is 46.0 Å². The number of piperazine rings is 2. The van der Waals surface area contributed by atoms with Gasteiger partial charge in [-0.15, -0.1) is 0 Å². The molecular formula is C22H27ClN4O. The van der Waals surface area contributed by atoms with Crippen LogP contribution >= 0.6 is 11.6 Å². The van der Waals surface area contributed by atoms with Crippen LogP contribution in [0.25, 0.3) is 0 Å². The lowest BCUT2D eigenvalue weighted by atomic mass is 10.1. The third-order valence-electron chi connectivity index (χ3n) is 5.75. The lowest BCUT2D eigenvalue weighted by molar-refractivity contribution is 0.0747. The number of rotatable bonds is 3. The fraction of sp³-hybridized carbons (Fsp3) is 0.409. The van der Waals surface area contributed by atoms with Gasteiger partial charge in [0.1, 0.15) is 0 Å². The average molecular weight is 399 g/mol. The number of anilines is 2. The molecule has 0 N–H and O–H groups in total. The molecule has 0 unspecified atom stereocenters. The Morgan fingerprint density at radius 2 is 1.25 bits per heavy atom. The Bertz CT molecular complexity index is 810. The van der Waals surface area contributed by atoms with Gasteiger partial charge in [-0.05, 0) is 43.4 Å². The second kappa shape index (κ2) is 8.41. The predicted molar refractivity (Wildman–Crippen MR) is 116 cm³/mol. The van der Waals surface area contributed by atoms with Crippen molar-refractivity contribution in [1.29, 1.82) is 0 Å². The summed E-state index contributed by atoms with van der Waals surface area (Å²) >= 11 is 6.19. The first-order valence-electron chi connectivity index (χ1n) is 9.94.